The van der Waals surface area contributed by atoms with Crippen LogP contribution in [0, 0.1) is 20.5 Å². The summed E-state index contributed by atoms with van der Waals surface area (Å²) in [5.74, 6) is 5.72. The van der Waals surface area contributed by atoms with Gasteiger partial charge in [0.2, 0.25) is 0 Å². The molecule has 0 unspecified atom stereocenters. The molecule has 8 aromatic carbocycles. The van der Waals surface area contributed by atoms with E-state index in [0.717, 1.165) is 68.5 Å². The van der Waals surface area contributed by atoms with Crippen molar-refractivity contribution in [3.63, 3.8) is 0 Å². The van der Waals surface area contributed by atoms with Crippen molar-refractivity contribution in [2.45, 2.75) is 55.4 Å². The minimum absolute atomic E-state index is 0. The fourth-order valence-electron chi connectivity index (χ4n) is 9.74. The number of anilines is 4. The normalized spacial score (nSPS) is 14.0. The van der Waals surface area contributed by atoms with Gasteiger partial charge in [-0.05, 0) is 177 Å². The standard InChI is InChI=1S/2C38H40N4O4.2ClHO4.Ni/c2*1-5-43-35-21-13-9-17-27(35)39-31-25-33(41-29-19-11-15-23-37(29)45-7-3)34(42-30-20-12-16-24-38(30)46-8-4)26-32(31)40-28-18-10-14-22-36(28)44-6-2;2*2-1(3,4)5;/h2*9-26,39-40H,5-8H2,1-4H3;2*(H,2,3,4,5);/q;;;;+2/p-2. The van der Waals surface area contributed by atoms with Crippen LogP contribution in [0.3, 0.4) is 0 Å². The molecule has 0 aliphatic heterocycles. The molecule has 0 atom stereocenters. The van der Waals surface area contributed by atoms with Crippen LogP contribution >= 0.6 is 0 Å². The summed E-state index contributed by atoms with van der Waals surface area (Å²) in [7, 11) is -9.89. The van der Waals surface area contributed by atoms with E-state index in [9.17, 15) is 0 Å². The summed E-state index contributed by atoms with van der Waals surface area (Å²) in [6.45, 7) is 20.0. The molecule has 0 aromatic heterocycles. The molecule has 10 rings (SSSR count). The van der Waals surface area contributed by atoms with Gasteiger partial charge in [-0.15, -0.1) is 20.5 Å². The molecule has 4 N–H and O–H groups in total. The number of nitrogens with one attached hydrogen (secondary N) is 4. The first kappa shape index (κ1) is 81.7. The van der Waals surface area contributed by atoms with Crippen LogP contribution in [0.4, 0.5) is 45.5 Å². The molecule has 0 amide bonds. The van der Waals surface area contributed by atoms with Gasteiger partial charge >= 0.3 is 16.5 Å². The van der Waals surface area contributed by atoms with Crippen LogP contribution in [-0.4, -0.2) is 75.7 Å². The van der Waals surface area contributed by atoms with E-state index in [2.05, 4.69) is 21.3 Å². The molecule has 24 nitrogen and oxygen atoms in total. The molecule has 0 spiro atoms. The number of ether oxygens (including phenoxy) is 8. The van der Waals surface area contributed by atoms with E-state index in [1.807, 2.05) is 274 Å². The van der Waals surface area contributed by atoms with Gasteiger partial charge in [0.05, 0.1) is 121 Å². The predicted molar refractivity (Wildman–Crippen MR) is 376 cm³/mol. The van der Waals surface area contributed by atoms with E-state index in [0.29, 0.717) is 121 Å². The summed E-state index contributed by atoms with van der Waals surface area (Å²) in [6.07, 6.45) is 7.94. The molecular weight excluding hydrogens is 1410 g/mol. The van der Waals surface area contributed by atoms with Crippen LogP contribution in [0.15, 0.2) is 261 Å². The minimum atomic E-state index is -4.94. The number of aliphatic imine (C=N–C) groups is 4. The van der Waals surface area contributed by atoms with Crippen LogP contribution in [0.25, 0.3) is 0 Å². The summed E-state index contributed by atoms with van der Waals surface area (Å²) in [4.78, 5) is 20.4. The number of allylic oxidation sites excluding steroid dienone is 4. The minimum Gasteiger partial charge on any atom is -0.492 e. The van der Waals surface area contributed by atoms with Gasteiger partial charge in [0.25, 0.3) is 0 Å². The van der Waals surface area contributed by atoms with Crippen molar-refractivity contribution in [2.75, 3.05) is 74.1 Å². The second-order valence-electron chi connectivity index (χ2n) is 20.8. The van der Waals surface area contributed by atoms with Gasteiger partial charge in [-0.25, -0.2) is 57.2 Å². The second kappa shape index (κ2) is 42.2. The van der Waals surface area contributed by atoms with Crippen molar-refractivity contribution >= 4 is 68.3 Å². The zero-order valence-corrected chi connectivity index (χ0v) is 60.3. The van der Waals surface area contributed by atoms with E-state index in [-0.39, 0.29) is 16.5 Å². The molecule has 0 bridgehead atoms. The monoisotopic (exact) mass is 1490 g/mol. The molecule has 2 aliphatic rings. The number of hydrogen-bond donors (Lipinski definition) is 4. The Labute approximate surface area is 613 Å². The van der Waals surface area contributed by atoms with Crippen molar-refractivity contribution in [3.8, 4) is 46.0 Å². The van der Waals surface area contributed by atoms with E-state index in [4.69, 9.17) is 95.1 Å². The summed E-state index contributed by atoms with van der Waals surface area (Å²) in [6, 6.07) is 62.4. The van der Waals surface area contributed by atoms with Gasteiger partial charge < -0.3 is 59.2 Å². The summed E-state index contributed by atoms with van der Waals surface area (Å²) in [5.41, 5.74) is 11.7. The number of rotatable bonds is 28. The Morgan fingerprint density at radius 1 is 0.243 bits per heavy atom. The van der Waals surface area contributed by atoms with E-state index >= 15 is 0 Å². The van der Waals surface area contributed by atoms with Crippen molar-refractivity contribution in [1.82, 2.24) is 0 Å². The fourth-order valence-corrected chi connectivity index (χ4v) is 9.74. The van der Waals surface area contributed by atoms with Crippen molar-refractivity contribution in [2.24, 2.45) is 20.0 Å². The third-order valence-electron chi connectivity index (χ3n) is 13.7. The Kier molecular flexibility index (Phi) is 33.5. The third-order valence-corrected chi connectivity index (χ3v) is 13.7. The SMILES string of the molecule is CCOc1ccccc1N=C1C=C(Nc2ccccc2OCC)C(Nc2ccccc2OCC)=CC1=Nc1ccccc1OCC.CCOc1ccccc1N=C1C=C(Nc2ccccc2OCC)C(Nc2ccccc2OCC)=CC1=Nc1ccccc1OCC.[Ni+2].[O-][Cl+3]([O-])([O-])[O-].[O-][Cl+3]([O-])([O-])[O-]. The van der Waals surface area contributed by atoms with E-state index in [1.165, 1.54) is 0 Å². The molecule has 2 aliphatic carbocycles. The average Bonchev–Trinajstić information content (AvgIpc) is 0.796. The van der Waals surface area contributed by atoms with E-state index in [1.54, 1.807) is 0 Å². The molecule has 8 aromatic rings. The maximum Gasteiger partial charge on any atom is 2.00 e. The Bertz CT molecular complexity index is 3750. The predicted octanol–water partition coefficient (Wildman–Crippen LogP) is 8.75. The van der Waals surface area contributed by atoms with Gasteiger partial charge in [-0.1, -0.05) is 97.1 Å². The van der Waals surface area contributed by atoms with Crippen molar-refractivity contribution in [3.05, 3.63) is 241 Å². The quantitative estimate of drug-likeness (QED) is 0.0263. The number of nitrogens with zero attached hydrogens (tertiary/aromatic N) is 4. The Hall–Kier alpha value is -10.2. The molecule has 0 saturated heterocycles. The fraction of sp³-hybridized carbons (Fsp3) is 0.211. The van der Waals surface area contributed by atoms with Crippen LogP contribution in [0.1, 0.15) is 55.4 Å². The Morgan fingerprint density at radius 3 is 0.563 bits per heavy atom. The van der Waals surface area contributed by atoms with Crippen LogP contribution in [0.2, 0.25) is 0 Å². The third kappa shape index (κ3) is 26.9. The van der Waals surface area contributed by atoms with Crippen LogP contribution in [-0.2, 0) is 16.5 Å². The first-order chi connectivity index (χ1) is 49.3. The Morgan fingerprint density at radius 2 is 0.388 bits per heavy atom. The van der Waals surface area contributed by atoms with Gasteiger partial charge in [-0.3, -0.25) is 0 Å². The van der Waals surface area contributed by atoms with Crippen molar-refractivity contribution in [1.29, 1.82) is 0 Å². The average molecular weight is 1490 g/mol. The first-order valence-corrected chi connectivity index (χ1v) is 35.0. The van der Waals surface area contributed by atoms with Crippen LogP contribution in [0.5, 0.6) is 46.0 Å². The molecular formula is C76H80Cl2N8NiO16. The number of halogens is 2. The summed E-state index contributed by atoms with van der Waals surface area (Å²) >= 11 is 0. The van der Waals surface area contributed by atoms with Crippen LogP contribution < -0.4 is 96.4 Å². The van der Waals surface area contributed by atoms with Crippen molar-refractivity contribution < 1.29 is 112 Å². The molecule has 27 heteroatoms. The molecule has 0 radical (unpaired) electrons. The zero-order valence-electron chi connectivity index (χ0n) is 57.8. The first-order valence-electron chi connectivity index (χ1n) is 32.6. The number of para-hydroxylation sites is 16. The largest absolute Gasteiger partial charge is 2.00 e. The topological polar surface area (TPSA) is 356 Å². The molecule has 0 heterocycles. The number of benzene rings is 8. The molecule has 0 saturated carbocycles. The van der Waals surface area contributed by atoms with Gasteiger partial charge in [0, 0.05) is 0 Å². The smallest absolute Gasteiger partial charge is 0.492 e. The molecule has 103 heavy (non-hydrogen) atoms. The van der Waals surface area contributed by atoms with Gasteiger partial charge in [0.1, 0.15) is 68.7 Å². The number of hydrogen-bond acceptors (Lipinski definition) is 24. The summed E-state index contributed by atoms with van der Waals surface area (Å²) in [5, 5.41) is 14.4. The van der Waals surface area contributed by atoms with Gasteiger partial charge in [-0.2, -0.15) is 0 Å². The Balaban J connectivity index is 0.000000283. The maximum absolute atomic E-state index is 8.49. The summed E-state index contributed by atoms with van der Waals surface area (Å²) < 4.78 is 115. The maximum atomic E-state index is 8.49. The molecule has 0 fully saturated rings. The van der Waals surface area contributed by atoms with Gasteiger partial charge in [0.15, 0.2) is 0 Å². The van der Waals surface area contributed by atoms with E-state index < -0.39 is 20.5 Å². The molecule has 544 valence electrons. The second-order valence-corrected chi connectivity index (χ2v) is 22.3. The zero-order chi connectivity index (χ0) is 73.3.